The zero-order valence-corrected chi connectivity index (χ0v) is 20.9. The summed E-state index contributed by atoms with van der Waals surface area (Å²) < 4.78 is 11.2. The summed E-state index contributed by atoms with van der Waals surface area (Å²) in [4.78, 5) is 48.1. The van der Waals surface area contributed by atoms with Gasteiger partial charge in [-0.15, -0.1) is 0 Å². The molecule has 0 aliphatic carbocycles. The van der Waals surface area contributed by atoms with E-state index in [4.69, 9.17) is 14.6 Å². The molecule has 0 heterocycles. The van der Waals surface area contributed by atoms with Crippen molar-refractivity contribution < 1.29 is 38.9 Å². The molecule has 0 aromatic rings. The highest BCUT2D eigenvalue weighted by molar-refractivity contribution is 5.80. The molecule has 2 unspecified atom stereocenters. The van der Waals surface area contributed by atoms with Gasteiger partial charge < -0.3 is 19.7 Å². The van der Waals surface area contributed by atoms with Crippen LogP contribution in [0.4, 0.5) is 0 Å². The van der Waals surface area contributed by atoms with Crippen LogP contribution in [-0.4, -0.2) is 46.3 Å². The number of ether oxygens (including phenoxy) is 2. The summed E-state index contributed by atoms with van der Waals surface area (Å²) in [5.41, 5.74) is -3.23. The van der Waals surface area contributed by atoms with Crippen molar-refractivity contribution in [2.75, 3.05) is 0 Å². The summed E-state index contributed by atoms with van der Waals surface area (Å²) in [5, 5.41) is 19.0. The summed E-state index contributed by atoms with van der Waals surface area (Å²) in [6, 6.07) is 0. The van der Waals surface area contributed by atoms with E-state index < -0.39 is 52.3 Å². The van der Waals surface area contributed by atoms with Crippen molar-refractivity contribution in [1.82, 2.24) is 0 Å². The molecule has 0 bridgehead atoms. The molecule has 0 amide bonds. The standard InChI is InChI=1S/C24H42O8/c1-16(31-20(29)22(3,4)5)24(19(27)28,17(2)32-21(30)23(6,7)8)15-13-11-9-10-12-14-18(25)26/h16-17H,9-15H2,1-8H3,(H,25,26)(H,27,28). The van der Waals surface area contributed by atoms with Crippen LogP contribution >= 0.6 is 0 Å². The number of unbranched alkanes of at least 4 members (excludes halogenated alkanes) is 4. The minimum atomic E-state index is -1.61. The third-order valence-electron chi connectivity index (χ3n) is 5.62. The second-order valence-electron chi connectivity index (χ2n) is 10.6. The lowest BCUT2D eigenvalue weighted by Crippen LogP contribution is -2.53. The molecule has 2 atom stereocenters. The van der Waals surface area contributed by atoms with Crippen molar-refractivity contribution in [3.8, 4) is 0 Å². The van der Waals surface area contributed by atoms with Gasteiger partial charge in [0.25, 0.3) is 0 Å². The van der Waals surface area contributed by atoms with Crippen LogP contribution in [-0.2, 0) is 28.7 Å². The molecule has 0 saturated carbocycles. The van der Waals surface area contributed by atoms with Gasteiger partial charge in [0.1, 0.15) is 17.6 Å². The quantitative estimate of drug-likeness (QED) is 0.297. The maximum Gasteiger partial charge on any atom is 0.317 e. The molecule has 0 saturated heterocycles. The average molecular weight is 459 g/mol. The molecule has 0 aliphatic heterocycles. The van der Waals surface area contributed by atoms with Crippen LogP contribution in [0.1, 0.15) is 100 Å². The SMILES string of the molecule is CC(OC(=O)C(C)(C)C)C(CCCCCCCC(=O)O)(C(=O)O)C(C)OC(=O)C(C)(C)C. The van der Waals surface area contributed by atoms with Crippen LogP contribution < -0.4 is 0 Å². The first-order chi connectivity index (χ1) is 14.5. The maximum absolute atomic E-state index is 12.6. The number of carboxylic acids is 2. The Morgan fingerprint density at radius 2 is 1.06 bits per heavy atom. The lowest BCUT2D eigenvalue weighted by molar-refractivity contribution is -0.193. The zero-order valence-electron chi connectivity index (χ0n) is 20.9. The van der Waals surface area contributed by atoms with Crippen LogP contribution in [0.5, 0.6) is 0 Å². The average Bonchev–Trinajstić information content (AvgIpc) is 2.61. The lowest BCUT2D eigenvalue weighted by atomic mass is 9.73. The molecular formula is C24H42O8. The first-order valence-corrected chi connectivity index (χ1v) is 11.3. The van der Waals surface area contributed by atoms with E-state index in [1.165, 1.54) is 13.8 Å². The number of carbonyl (C=O) groups is 4. The Kier molecular flexibility index (Phi) is 11.4. The molecule has 0 fully saturated rings. The largest absolute Gasteiger partial charge is 0.481 e. The number of hydrogen-bond donors (Lipinski definition) is 2. The van der Waals surface area contributed by atoms with Gasteiger partial charge in [0.15, 0.2) is 0 Å². The van der Waals surface area contributed by atoms with Gasteiger partial charge in [0.2, 0.25) is 0 Å². The van der Waals surface area contributed by atoms with Crippen LogP contribution in [0.2, 0.25) is 0 Å². The van der Waals surface area contributed by atoms with Gasteiger partial charge in [-0.05, 0) is 68.2 Å². The van der Waals surface area contributed by atoms with E-state index >= 15 is 0 Å². The van der Waals surface area contributed by atoms with E-state index in [1.807, 2.05) is 0 Å². The summed E-state index contributed by atoms with van der Waals surface area (Å²) >= 11 is 0. The molecule has 186 valence electrons. The number of rotatable bonds is 13. The van der Waals surface area contributed by atoms with Crippen molar-refractivity contribution in [1.29, 1.82) is 0 Å². The van der Waals surface area contributed by atoms with E-state index in [1.54, 1.807) is 41.5 Å². The molecule has 0 aliphatic rings. The molecule has 2 N–H and O–H groups in total. The number of carbonyl (C=O) groups excluding carboxylic acids is 2. The highest BCUT2D eigenvalue weighted by atomic mass is 16.6. The number of hydrogen-bond acceptors (Lipinski definition) is 6. The Bertz CT molecular complexity index is 620. The number of carboxylic acid groups (broad SMARTS) is 2. The molecule has 0 spiro atoms. The van der Waals surface area contributed by atoms with Crippen molar-refractivity contribution in [2.24, 2.45) is 16.2 Å². The predicted molar refractivity (Wildman–Crippen MR) is 120 cm³/mol. The fraction of sp³-hybridized carbons (Fsp3) is 0.833. The van der Waals surface area contributed by atoms with Crippen LogP contribution in [0.15, 0.2) is 0 Å². The maximum atomic E-state index is 12.6. The monoisotopic (exact) mass is 458 g/mol. The topological polar surface area (TPSA) is 127 Å². The number of esters is 2. The molecule has 8 heteroatoms. The van der Waals surface area contributed by atoms with E-state index in [2.05, 4.69) is 0 Å². The van der Waals surface area contributed by atoms with E-state index in [0.717, 1.165) is 12.8 Å². The third-order valence-corrected chi connectivity index (χ3v) is 5.62. The number of aliphatic carboxylic acids is 2. The van der Waals surface area contributed by atoms with Crippen molar-refractivity contribution in [3.63, 3.8) is 0 Å². The van der Waals surface area contributed by atoms with E-state index in [9.17, 15) is 24.3 Å². The Morgan fingerprint density at radius 1 is 0.688 bits per heavy atom. The third kappa shape index (κ3) is 9.17. The van der Waals surface area contributed by atoms with Gasteiger partial charge in [0.05, 0.1) is 10.8 Å². The predicted octanol–water partition coefficient (Wildman–Crippen LogP) is 4.83. The fourth-order valence-electron chi connectivity index (χ4n) is 3.30. The molecular weight excluding hydrogens is 416 g/mol. The highest BCUT2D eigenvalue weighted by Gasteiger charge is 2.53. The molecule has 0 aromatic heterocycles. The van der Waals surface area contributed by atoms with E-state index in [-0.39, 0.29) is 12.8 Å². The lowest BCUT2D eigenvalue weighted by Gasteiger charge is -2.40. The van der Waals surface area contributed by atoms with Crippen molar-refractivity contribution >= 4 is 23.9 Å². The Hall–Kier alpha value is -2.12. The summed E-state index contributed by atoms with van der Waals surface area (Å²) in [7, 11) is 0. The molecule has 8 nitrogen and oxygen atoms in total. The van der Waals surface area contributed by atoms with Gasteiger partial charge in [-0.3, -0.25) is 19.2 Å². The first-order valence-electron chi connectivity index (χ1n) is 11.3. The second-order valence-corrected chi connectivity index (χ2v) is 10.6. The normalized spacial score (nSPS) is 15.9. The summed E-state index contributed by atoms with van der Waals surface area (Å²) in [6.07, 6.45) is 1.46. The summed E-state index contributed by atoms with van der Waals surface area (Å²) in [5.74, 6) is -3.08. The Morgan fingerprint density at radius 3 is 1.41 bits per heavy atom. The molecule has 0 aromatic carbocycles. The zero-order chi connectivity index (χ0) is 25.3. The highest BCUT2D eigenvalue weighted by Crippen LogP contribution is 2.39. The minimum absolute atomic E-state index is 0.110. The first kappa shape index (κ1) is 29.9. The Balaban J connectivity index is 5.59. The molecule has 32 heavy (non-hydrogen) atoms. The van der Waals surface area contributed by atoms with Crippen LogP contribution in [0.3, 0.4) is 0 Å². The minimum Gasteiger partial charge on any atom is -0.481 e. The Labute approximate surface area is 192 Å². The summed E-state index contributed by atoms with van der Waals surface area (Å²) in [6.45, 7) is 13.2. The van der Waals surface area contributed by atoms with Gasteiger partial charge in [0, 0.05) is 6.42 Å². The van der Waals surface area contributed by atoms with Gasteiger partial charge in [-0.1, -0.05) is 25.7 Å². The van der Waals surface area contributed by atoms with E-state index in [0.29, 0.717) is 19.3 Å². The van der Waals surface area contributed by atoms with Gasteiger partial charge in [-0.2, -0.15) is 0 Å². The van der Waals surface area contributed by atoms with Crippen LogP contribution in [0.25, 0.3) is 0 Å². The van der Waals surface area contributed by atoms with Gasteiger partial charge in [-0.25, -0.2) is 0 Å². The molecule has 0 rings (SSSR count). The van der Waals surface area contributed by atoms with Gasteiger partial charge >= 0.3 is 23.9 Å². The van der Waals surface area contributed by atoms with Crippen molar-refractivity contribution in [2.45, 2.75) is 113 Å². The van der Waals surface area contributed by atoms with Crippen LogP contribution in [0, 0.1) is 16.2 Å². The molecule has 0 radical (unpaired) electrons. The second kappa shape index (κ2) is 12.2. The smallest absolute Gasteiger partial charge is 0.317 e. The fourth-order valence-corrected chi connectivity index (χ4v) is 3.30. The van der Waals surface area contributed by atoms with Crippen molar-refractivity contribution in [3.05, 3.63) is 0 Å².